The lowest BCUT2D eigenvalue weighted by molar-refractivity contribution is -0.0293. The molecule has 0 amide bonds. The van der Waals surface area contributed by atoms with E-state index in [9.17, 15) is 0 Å². The zero-order valence-electron chi connectivity index (χ0n) is 32.8. The Morgan fingerprint density at radius 3 is 1.00 bits per heavy atom. The van der Waals surface area contributed by atoms with Gasteiger partial charge in [-0.05, 0) is 276 Å². The van der Waals surface area contributed by atoms with E-state index in [1.165, 1.54) is 102 Å². The molecule has 280 valence electrons. The maximum Gasteiger partial charge on any atom is 0.131 e. The molecule has 0 unspecified atom stereocenters. The van der Waals surface area contributed by atoms with Crippen LogP contribution in [0, 0.1) is 71.0 Å². The summed E-state index contributed by atoms with van der Waals surface area (Å²) in [6.45, 7) is 0. The summed E-state index contributed by atoms with van der Waals surface area (Å²) in [6, 6.07) is 14.2. The van der Waals surface area contributed by atoms with E-state index in [0.29, 0.717) is 21.7 Å². The molecule has 0 saturated heterocycles. The Morgan fingerprint density at radius 2 is 0.642 bits per heavy atom. The molecule has 0 spiro atoms. The molecule has 16 fully saturated rings. The van der Waals surface area contributed by atoms with Gasteiger partial charge in [0, 0.05) is 11.0 Å². The highest BCUT2D eigenvalue weighted by molar-refractivity contribution is 5.63. The van der Waals surface area contributed by atoms with Crippen LogP contribution in [0.2, 0.25) is 0 Å². The summed E-state index contributed by atoms with van der Waals surface area (Å²) < 4.78 is 7.68. The molecule has 16 aliphatic rings. The van der Waals surface area contributed by atoms with Gasteiger partial charge in [0.25, 0.3) is 0 Å². The third-order valence-electron chi connectivity index (χ3n) is 20.6. The van der Waals surface area contributed by atoms with Crippen LogP contribution in [0.3, 0.4) is 0 Å². The fourth-order valence-corrected chi connectivity index (χ4v) is 21.1. The predicted molar refractivity (Wildman–Crippen MR) is 212 cm³/mol. The lowest BCUT2D eigenvalue weighted by Crippen LogP contribution is -2.56. The molecular weight excluding hydrogens is 641 g/mol. The van der Waals surface area contributed by atoms with Gasteiger partial charge in [-0.2, -0.15) is 0 Å². The molecule has 0 aliphatic heterocycles. The molecule has 16 saturated carbocycles. The van der Waals surface area contributed by atoms with Crippen LogP contribution in [-0.2, 0) is 21.7 Å². The first-order valence-electron chi connectivity index (χ1n) is 23.8. The fourth-order valence-electron chi connectivity index (χ4n) is 21.1. The molecule has 2 aromatic carbocycles. The first kappa shape index (κ1) is 31.3. The van der Waals surface area contributed by atoms with Crippen molar-refractivity contribution in [3.8, 4) is 11.5 Å². The first-order chi connectivity index (χ1) is 25.9. The number of para-hydroxylation sites is 1. The van der Waals surface area contributed by atoms with Crippen molar-refractivity contribution < 1.29 is 4.74 Å². The van der Waals surface area contributed by atoms with Crippen LogP contribution in [0.5, 0.6) is 11.5 Å². The third-order valence-corrected chi connectivity index (χ3v) is 20.6. The van der Waals surface area contributed by atoms with Gasteiger partial charge in [0.05, 0.1) is 0 Å². The van der Waals surface area contributed by atoms with Crippen LogP contribution in [0.15, 0.2) is 36.4 Å². The number of hydrogen-bond donors (Lipinski definition) is 0. The first-order valence-corrected chi connectivity index (χ1v) is 23.8. The van der Waals surface area contributed by atoms with Crippen LogP contribution < -0.4 is 4.74 Å². The van der Waals surface area contributed by atoms with Crippen molar-refractivity contribution in [3.05, 3.63) is 58.7 Å². The standard InChI is InChI=1S/C52H66O/c1-2-4-43(5-3-1)53-45-18-44(49-19-31-6-32(20-49)8-33(7-31)21-49)46(50-22-34-9-35(23-50)11-36(10-34)24-50)48(52-28-40-15-41(29-52)17-42(16-40)30-52)47(45)51-25-37-12-38(26-51)14-39(13-37)27-51/h1-5,18,31-42H,6-17,19-30H2. The van der Waals surface area contributed by atoms with E-state index >= 15 is 0 Å². The molecule has 0 N–H and O–H groups in total. The Kier molecular flexibility index (Phi) is 6.26. The molecule has 0 heterocycles. The maximum absolute atomic E-state index is 7.68. The van der Waals surface area contributed by atoms with E-state index in [4.69, 9.17) is 4.74 Å². The minimum Gasteiger partial charge on any atom is -0.457 e. The SMILES string of the molecule is c1ccc(Oc2cc(C34CC5CC(CC(C5)C3)C4)c(C34CC5CC(CC(C5)C3)C4)c(C34CC5CC(CC(C5)C3)C4)c2C23CC4CC(CC(C4)C2)C3)cc1. The zero-order valence-corrected chi connectivity index (χ0v) is 32.8. The van der Waals surface area contributed by atoms with Gasteiger partial charge in [-0.1, -0.05) is 18.2 Å². The zero-order chi connectivity index (χ0) is 34.3. The van der Waals surface area contributed by atoms with Crippen molar-refractivity contribution in [2.75, 3.05) is 0 Å². The Balaban J connectivity index is 1.10. The van der Waals surface area contributed by atoms with Crippen molar-refractivity contribution in [2.24, 2.45) is 71.0 Å². The van der Waals surface area contributed by atoms with Gasteiger partial charge in [0.2, 0.25) is 0 Å². The summed E-state index contributed by atoms with van der Waals surface area (Å²) in [5.41, 5.74) is 9.62. The lowest BCUT2D eigenvalue weighted by atomic mass is 9.39. The minimum absolute atomic E-state index is 0.342. The molecule has 53 heavy (non-hydrogen) atoms. The summed E-state index contributed by atoms with van der Waals surface area (Å²) >= 11 is 0. The molecule has 0 atom stereocenters. The van der Waals surface area contributed by atoms with Crippen LogP contribution >= 0.6 is 0 Å². The summed E-state index contributed by atoms with van der Waals surface area (Å²) in [7, 11) is 0. The molecule has 2 aromatic rings. The highest BCUT2D eigenvalue weighted by Crippen LogP contribution is 2.73. The molecule has 0 aromatic heterocycles. The predicted octanol–water partition coefficient (Wildman–Crippen LogP) is 13.4. The van der Waals surface area contributed by atoms with Gasteiger partial charge < -0.3 is 4.74 Å². The molecular formula is C52H66O. The molecule has 1 nitrogen and oxygen atoms in total. The second-order valence-electron chi connectivity index (χ2n) is 24.3. The van der Waals surface area contributed by atoms with E-state index < -0.39 is 0 Å². The highest BCUT2D eigenvalue weighted by atomic mass is 16.5. The van der Waals surface area contributed by atoms with Gasteiger partial charge >= 0.3 is 0 Å². The van der Waals surface area contributed by atoms with Crippen LogP contribution in [0.25, 0.3) is 0 Å². The van der Waals surface area contributed by atoms with E-state index in [1.807, 2.05) is 11.1 Å². The Bertz CT molecular complexity index is 1700. The number of ether oxygens (including phenoxy) is 1. The van der Waals surface area contributed by atoms with Gasteiger partial charge in [-0.15, -0.1) is 0 Å². The second kappa shape index (κ2) is 10.6. The number of benzene rings is 2. The Morgan fingerprint density at radius 1 is 0.340 bits per heavy atom. The largest absolute Gasteiger partial charge is 0.457 e. The maximum atomic E-state index is 7.68. The minimum atomic E-state index is 0.342. The van der Waals surface area contributed by atoms with Crippen molar-refractivity contribution in [1.82, 2.24) is 0 Å². The van der Waals surface area contributed by atoms with E-state index in [-0.39, 0.29) is 0 Å². The fraction of sp³-hybridized carbons (Fsp3) is 0.769. The highest BCUT2D eigenvalue weighted by Gasteiger charge is 2.63. The average Bonchev–Trinajstić information content (AvgIpc) is 3.09. The Labute approximate surface area is 320 Å². The molecule has 16 aliphatic carbocycles. The van der Waals surface area contributed by atoms with Gasteiger partial charge in [0.15, 0.2) is 0 Å². The van der Waals surface area contributed by atoms with Crippen molar-refractivity contribution in [3.63, 3.8) is 0 Å². The summed E-state index contributed by atoms with van der Waals surface area (Å²) in [6.07, 6.45) is 36.7. The van der Waals surface area contributed by atoms with Gasteiger partial charge in [0.1, 0.15) is 11.5 Å². The molecule has 0 radical (unpaired) electrons. The molecule has 18 rings (SSSR count). The quantitative estimate of drug-likeness (QED) is 0.291. The van der Waals surface area contributed by atoms with Crippen LogP contribution in [0.4, 0.5) is 0 Å². The monoisotopic (exact) mass is 707 g/mol. The van der Waals surface area contributed by atoms with Crippen molar-refractivity contribution in [1.29, 1.82) is 0 Å². The Hall–Kier alpha value is -1.76. The van der Waals surface area contributed by atoms with Gasteiger partial charge in [-0.25, -0.2) is 0 Å². The number of hydrogen-bond acceptors (Lipinski definition) is 1. The smallest absolute Gasteiger partial charge is 0.131 e. The van der Waals surface area contributed by atoms with E-state index in [0.717, 1.165) is 76.8 Å². The second-order valence-corrected chi connectivity index (χ2v) is 24.3. The summed E-state index contributed by atoms with van der Waals surface area (Å²) in [4.78, 5) is 0. The average molecular weight is 707 g/mol. The lowest BCUT2D eigenvalue weighted by Gasteiger charge is -2.65. The van der Waals surface area contributed by atoms with Crippen LogP contribution in [-0.4, -0.2) is 0 Å². The summed E-state index contributed by atoms with van der Waals surface area (Å²) in [5, 5.41) is 0. The molecule has 16 bridgehead atoms. The molecule has 1 heteroatoms. The van der Waals surface area contributed by atoms with Crippen molar-refractivity contribution >= 4 is 0 Å². The topological polar surface area (TPSA) is 9.23 Å². The van der Waals surface area contributed by atoms with Crippen molar-refractivity contribution in [2.45, 2.75) is 176 Å². The van der Waals surface area contributed by atoms with Gasteiger partial charge in [-0.3, -0.25) is 0 Å². The normalized spacial score (nSPS) is 52.9. The van der Waals surface area contributed by atoms with E-state index in [1.54, 1.807) is 57.8 Å². The number of rotatable bonds is 6. The van der Waals surface area contributed by atoms with E-state index in [2.05, 4.69) is 47.5 Å². The third kappa shape index (κ3) is 4.44. The summed E-state index contributed by atoms with van der Waals surface area (Å²) in [5.74, 6) is 14.3. The van der Waals surface area contributed by atoms with Crippen LogP contribution in [0.1, 0.15) is 176 Å².